The van der Waals surface area contributed by atoms with Crippen LogP contribution in [0.15, 0.2) is 48.5 Å². The number of benzene rings is 2. The predicted molar refractivity (Wildman–Crippen MR) is 111 cm³/mol. The Bertz CT molecular complexity index is 951. The van der Waals surface area contributed by atoms with E-state index in [9.17, 15) is 24.8 Å². The molecule has 10 nitrogen and oxygen atoms in total. The third-order valence-corrected chi connectivity index (χ3v) is 5.15. The van der Waals surface area contributed by atoms with Crippen molar-refractivity contribution in [2.24, 2.45) is 0 Å². The van der Waals surface area contributed by atoms with Crippen molar-refractivity contribution >= 4 is 23.4 Å². The molecule has 2 aromatic carbocycles. The van der Waals surface area contributed by atoms with Crippen molar-refractivity contribution < 1.29 is 29.1 Å². The maximum Gasteiger partial charge on any atom is 0.407 e. The molecule has 0 aromatic heterocycles. The standard InChI is InChI=1S/C21H23N3O7/c1-30-19-12-23(15-7-8-18(24(28)29)16(11-15)20(25)26)10-9-17(19)22-21(27)31-13-14-5-3-2-4-6-14/h2-8,11,17,19H,9-10,12-13H2,1H3,(H,22,27)(H,25,26)/t17-,19+/m1/s1. The molecule has 1 aliphatic heterocycles. The van der Waals surface area contributed by atoms with Crippen LogP contribution in [0.25, 0.3) is 0 Å². The van der Waals surface area contributed by atoms with Crippen LogP contribution in [0.3, 0.4) is 0 Å². The van der Waals surface area contributed by atoms with Crippen LogP contribution in [0, 0.1) is 10.1 Å². The Labute approximate surface area is 178 Å². The molecular weight excluding hydrogens is 406 g/mol. The van der Waals surface area contributed by atoms with Gasteiger partial charge in [-0.3, -0.25) is 10.1 Å². The summed E-state index contributed by atoms with van der Waals surface area (Å²) in [5, 5.41) is 23.2. The third-order valence-electron chi connectivity index (χ3n) is 5.15. The van der Waals surface area contributed by atoms with E-state index in [4.69, 9.17) is 9.47 Å². The number of hydrogen-bond donors (Lipinski definition) is 2. The third kappa shape index (κ3) is 5.48. The van der Waals surface area contributed by atoms with Gasteiger partial charge >= 0.3 is 12.1 Å². The topological polar surface area (TPSA) is 131 Å². The highest BCUT2D eigenvalue weighted by Gasteiger charge is 2.32. The smallest absolute Gasteiger partial charge is 0.407 e. The van der Waals surface area contributed by atoms with Crippen LogP contribution in [0.2, 0.25) is 0 Å². The molecule has 1 aliphatic rings. The molecule has 0 unspecified atom stereocenters. The number of carboxylic acid groups (broad SMARTS) is 1. The zero-order chi connectivity index (χ0) is 22.4. The Kier molecular flexibility index (Phi) is 7.03. The number of carbonyl (C=O) groups is 2. The first-order valence-corrected chi connectivity index (χ1v) is 9.65. The van der Waals surface area contributed by atoms with E-state index in [0.29, 0.717) is 25.2 Å². The molecule has 0 spiro atoms. The van der Waals surface area contributed by atoms with Gasteiger partial charge in [-0.15, -0.1) is 0 Å². The van der Waals surface area contributed by atoms with Crippen LogP contribution >= 0.6 is 0 Å². The summed E-state index contributed by atoms with van der Waals surface area (Å²) in [4.78, 5) is 35.8. The molecule has 2 aromatic rings. The lowest BCUT2D eigenvalue weighted by atomic mass is 10.0. The van der Waals surface area contributed by atoms with E-state index in [1.165, 1.54) is 25.3 Å². The zero-order valence-corrected chi connectivity index (χ0v) is 16.9. The van der Waals surface area contributed by atoms with Crippen LogP contribution in [0.1, 0.15) is 22.3 Å². The van der Waals surface area contributed by atoms with Crippen LogP contribution in [-0.2, 0) is 16.1 Å². The lowest BCUT2D eigenvalue weighted by Crippen LogP contribution is -2.55. The van der Waals surface area contributed by atoms with E-state index >= 15 is 0 Å². The molecule has 2 atom stereocenters. The van der Waals surface area contributed by atoms with Crippen molar-refractivity contribution in [1.29, 1.82) is 0 Å². The number of carbonyl (C=O) groups excluding carboxylic acids is 1. The molecule has 0 radical (unpaired) electrons. The fourth-order valence-electron chi connectivity index (χ4n) is 3.52. The molecule has 1 fully saturated rings. The maximum absolute atomic E-state index is 12.2. The number of carboxylic acids is 1. The second kappa shape index (κ2) is 9.90. The average molecular weight is 429 g/mol. The lowest BCUT2D eigenvalue weighted by molar-refractivity contribution is -0.385. The van der Waals surface area contributed by atoms with Crippen LogP contribution in [0.5, 0.6) is 0 Å². The normalized spacial score (nSPS) is 18.3. The molecule has 164 valence electrons. The number of aromatic carboxylic acids is 1. The molecule has 0 aliphatic carbocycles. The van der Waals surface area contributed by atoms with Crippen molar-refractivity contribution in [2.45, 2.75) is 25.2 Å². The first-order chi connectivity index (χ1) is 14.9. The summed E-state index contributed by atoms with van der Waals surface area (Å²) in [6, 6.07) is 13.0. The minimum Gasteiger partial charge on any atom is -0.477 e. The molecule has 2 N–H and O–H groups in total. The molecule has 3 rings (SSSR count). The number of ether oxygens (including phenoxy) is 2. The van der Waals surface area contributed by atoms with Gasteiger partial charge in [0.2, 0.25) is 0 Å². The van der Waals surface area contributed by atoms with Gasteiger partial charge in [-0.05, 0) is 24.1 Å². The number of nitrogens with zero attached hydrogens (tertiary/aromatic N) is 2. The Morgan fingerprint density at radius 3 is 2.65 bits per heavy atom. The van der Waals surface area contributed by atoms with Gasteiger partial charge in [0.15, 0.2) is 0 Å². The molecule has 0 bridgehead atoms. The fourth-order valence-corrected chi connectivity index (χ4v) is 3.52. The van der Waals surface area contributed by atoms with E-state index in [-0.39, 0.29) is 24.3 Å². The number of nitro benzene ring substituents is 1. The molecule has 0 saturated carbocycles. The molecule has 1 heterocycles. The van der Waals surface area contributed by atoms with Crippen molar-refractivity contribution in [2.75, 3.05) is 25.1 Å². The van der Waals surface area contributed by atoms with Gasteiger partial charge in [0.1, 0.15) is 12.2 Å². The fraction of sp³-hybridized carbons (Fsp3) is 0.333. The number of anilines is 1. The first kappa shape index (κ1) is 22.0. The molecular formula is C21H23N3O7. The SMILES string of the molecule is CO[C@H]1CN(c2ccc([N+](=O)[O-])c(C(=O)O)c2)CC[C@H]1NC(=O)OCc1ccccc1. The second-order valence-electron chi connectivity index (χ2n) is 7.09. The number of nitrogens with one attached hydrogen (secondary N) is 1. The zero-order valence-electron chi connectivity index (χ0n) is 16.9. The number of amides is 1. The van der Waals surface area contributed by atoms with E-state index in [1.807, 2.05) is 35.2 Å². The Morgan fingerprint density at radius 1 is 1.26 bits per heavy atom. The number of alkyl carbamates (subject to hydrolysis) is 1. The summed E-state index contributed by atoms with van der Waals surface area (Å²) in [6.45, 7) is 1.03. The summed E-state index contributed by atoms with van der Waals surface area (Å²) in [6.07, 6.45) is -0.396. The number of hydrogen-bond acceptors (Lipinski definition) is 7. The van der Waals surface area contributed by atoms with Gasteiger partial charge in [0.25, 0.3) is 5.69 Å². The Hall–Kier alpha value is -3.66. The van der Waals surface area contributed by atoms with E-state index < -0.39 is 22.7 Å². The van der Waals surface area contributed by atoms with Gasteiger partial charge in [-0.2, -0.15) is 0 Å². The first-order valence-electron chi connectivity index (χ1n) is 9.65. The predicted octanol–water partition coefficient (Wildman–Crippen LogP) is 2.81. The van der Waals surface area contributed by atoms with Gasteiger partial charge in [-0.1, -0.05) is 30.3 Å². The van der Waals surface area contributed by atoms with Crippen molar-refractivity contribution in [3.05, 3.63) is 69.8 Å². The maximum atomic E-state index is 12.2. The van der Waals surface area contributed by atoms with Gasteiger partial charge in [-0.25, -0.2) is 9.59 Å². The highest BCUT2D eigenvalue weighted by atomic mass is 16.6. The Balaban J connectivity index is 1.62. The van der Waals surface area contributed by atoms with Gasteiger partial charge in [0.05, 0.1) is 17.1 Å². The average Bonchev–Trinajstić information content (AvgIpc) is 2.78. The van der Waals surface area contributed by atoms with Gasteiger partial charge < -0.3 is 24.8 Å². The van der Waals surface area contributed by atoms with Crippen molar-refractivity contribution in [3.8, 4) is 0 Å². The second-order valence-corrected chi connectivity index (χ2v) is 7.09. The molecule has 1 saturated heterocycles. The van der Waals surface area contributed by atoms with E-state index in [2.05, 4.69) is 5.32 Å². The number of rotatable bonds is 7. The highest BCUT2D eigenvalue weighted by Crippen LogP contribution is 2.28. The highest BCUT2D eigenvalue weighted by molar-refractivity contribution is 5.93. The minimum absolute atomic E-state index is 0.157. The molecule has 31 heavy (non-hydrogen) atoms. The summed E-state index contributed by atoms with van der Waals surface area (Å²) in [5.41, 5.74) is 0.580. The largest absolute Gasteiger partial charge is 0.477 e. The number of nitro groups is 1. The summed E-state index contributed by atoms with van der Waals surface area (Å²) >= 11 is 0. The minimum atomic E-state index is -1.37. The summed E-state index contributed by atoms with van der Waals surface area (Å²) in [7, 11) is 1.52. The van der Waals surface area contributed by atoms with Crippen molar-refractivity contribution in [3.63, 3.8) is 0 Å². The molecule has 1 amide bonds. The van der Waals surface area contributed by atoms with Crippen LogP contribution < -0.4 is 10.2 Å². The monoisotopic (exact) mass is 429 g/mol. The summed E-state index contributed by atoms with van der Waals surface area (Å²) < 4.78 is 10.8. The lowest BCUT2D eigenvalue weighted by Gasteiger charge is -2.39. The summed E-state index contributed by atoms with van der Waals surface area (Å²) in [5.74, 6) is -1.37. The van der Waals surface area contributed by atoms with Crippen LogP contribution in [-0.4, -0.2) is 54.4 Å². The number of piperidine rings is 1. The van der Waals surface area contributed by atoms with E-state index in [0.717, 1.165) is 5.56 Å². The number of methoxy groups -OCH3 is 1. The Morgan fingerprint density at radius 2 is 2.00 bits per heavy atom. The molecule has 10 heteroatoms. The van der Waals surface area contributed by atoms with Crippen LogP contribution in [0.4, 0.5) is 16.2 Å². The van der Waals surface area contributed by atoms with Gasteiger partial charge in [0, 0.05) is 32.0 Å². The quantitative estimate of drug-likeness (QED) is 0.507. The van der Waals surface area contributed by atoms with E-state index in [1.54, 1.807) is 0 Å². The van der Waals surface area contributed by atoms with Crippen molar-refractivity contribution in [1.82, 2.24) is 5.32 Å².